The van der Waals surface area contributed by atoms with Gasteiger partial charge in [-0.15, -0.1) is 45.3 Å². The van der Waals surface area contributed by atoms with Crippen molar-refractivity contribution >= 4 is 125 Å². The smallest absolute Gasteiger partial charge is 0.170 e. The molecule has 0 atom stereocenters. The Kier molecular flexibility index (Phi) is 25.5. The van der Waals surface area contributed by atoms with Gasteiger partial charge in [-0.05, 0) is 90.6 Å². The molecule has 96 heavy (non-hydrogen) atoms. The molecule has 0 saturated carbocycles. The summed E-state index contributed by atoms with van der Waals surface area (Å²) >= 11 is 8.70. The highest BCUT2D eigenvalue weighted by Crippen LogP contribution is 2.30. The lowest BCUT2D eigenvalue weighted by Crippen LogP contribution is -1.86. The van der Waals surface area contributed by atoms with Crippen LogP contribution >= 0.6 is 56.7 Å². The summed E-state index contributed by atoms with van der Waals surface area (Å²) in [7, 11) is 0. The molecule has 1 aromatic carbocycles. The second kappa shape index (κ2) is 34.2. The zero-order chi connectivity index (χ0) is 68.4. The molecule has 0 fully saturated rings. The fourth-order valence-corrected chi connectivity index (χ4v) is 13.5. The Morgan fingerprint density at radius 1 is 0.302 bits per heavy atom. The maximum atomic E-state index is 4.53. The van der Waals surface area contributed by atoms with E-state index in [0.717, 1.165) is 66.6 Å². The molecular weight excluding hydrogens is 1290 g/mol. The zero-order valence-corrected chi connectivity index (χ0v) is 61.6. The number of aromatic nitrogens is 17. The highest BCUT2D eigenvalue weighted by atomic mass is 32.1. The van der Waals surface area contributed by atoms with Crippen LogP contribution < -0.4 is 0 Å². The number of benzene rings is 1. The van der Waals surface area contributed by atoms with Crippen molar-refractivity contribution in [2.45, 2.75) is 158 Å². The van der Waals surface area contributed by atoms with Crippen LogP contribution in [0.4, 0.5) is 0 Å². The molecule has 0 bridgehead atoms. The number of hydrogen-bond donors (Lipinski definition) is 0. The van der Waals surface area contributed by atoms with Crippen LogP contribution in [0, 0.1) is 0 Å². The molecule has 16 aromatic rings. The molecule has 17 nitrogen and oxygen atoms in total. The zero-order valence-electron chi connectivity index (χ0n) is 57.5. The van der Waals surface area contributed by atoms with Crippen LogP contribution in [0.1, 0.15) is 200 Å². The predicted molar refractivity (Wildman–Crippen MR) is 403 cm³/mol. The van der Waals surface area contributed by atoms with E-state index >= 15 is 0 Å². The van der Waals surface area contributed by atoms with Gasteiger partial charge in [-0.3, -0.25) is 15.0 Å². The number of fused-ring (bicyclic) bond motifs is 8. The molecule has 15 heterocycles. The first kappa shape index (κ1) is 71.5. The Bertz CT molecular complexity index is 3800. The van der Waals surface area contributed by atoms with Crippen LogP contribution in [-0.4, -0.2) is 83.2 Å². The van der Waals surface area contributed by atoms with Gasteiger partial charge in [-0.1, -0.05) is 140 Å². The van der Waals surface area contributed by atoms with E-state index in [9.17, 15) is 0 Å². The minimum absolute atomic E-state index is 0.465. The second-order valence-corrected chi connectivity index (χ2v) is 30.2. The van der Waals surface area contributed by atoms with Crippen LogP contribution in [-0.2, 0) is 0 Å². The standard InChI is InChI=1S/C10H12N2.C10H11NS.2C9H11N3.4C9H10N2S/c1-8(2)9-7-12-6-4-3-5-10(12)11-9;1-7(2)10-11-8-5-3-4-6-9(8)12-10;1-7(2)8-6-12-4-3-10-5-9(12)11-8;1-7(2)8-6-12-9(11-8)4-3-5-10-12;1-6(2)9-11-7-5-10-4-3-8(7)12-9;1-6(2)9-11-7-3-4-10-5-8(7)12-9;1-6(2)9-11-8-7(12-9)4-3-5-10-8;1-6(2)8-11-7-4-3-5-10-9(7)12-8/h3-8H,1-2H3;3*3-7H,1-2H3;4*3-6H,1-2H3. The van der Waals surface area contributed by atoms with Crippen molar-refractivity contribution in [1.82, 2.24) is 83.2 Å². The van der Waals surface area contributed by atoms with Crippen molar-refractivity contribution in [2.24, 2.45) is 0 Å². The SMILES string of the molecule is CC(C)c1cn2ccccc2n1.CC(C)c1cn2ccncc2n1.CC(C)c1cn2ncccc2n1.CC(C)c1nc2ccccc2s1.CC(C)c1nc2cccnc2s1.CC(C)c1nc2ccncc2s1.CC(C)c1nc2cnccc2s1.CC(C)c1nc2ncccc2s1. The molecule has 0 unspecified atom stereocenters. The molecule has 0 aliphatic rings. The van der Waals surface area contributed by atoms with Crippen LogP contribution in [0.15, 0.2) is 178 Å². The second-order valence-electron chi connectivity index (χ2n) is 24.9. The largest absolute Gasteiger partial charge is 0.307 e. The molecule has 0 saturated heterocycles. The quantitative estimate of drug-likeness (QED) is 0.139. The summed E-state index contributed by atoms with van der Waals surface area (Å²) in [4.78, 5) is 57.2. The van der Waals surface area contributed by atoms with E-state index in [-0.39, 0.29) is 0 Å². The van der Waals surface area contributed by atoms with Gasteiger partial charge >= 0.3 is 0 Å². The Morgan fingerprint density at radius 3 is 1.38 bits per heavy atom. The maximum Gasteiger partial charge on any atom is 0.170 e. The van der Waals surface area contributed by atoms with Gasteiger partial charge in [0.05, 0.1) is 96.1 Å². The average molecular weight is 1370 g/mol. The summed E-state index contributed by atoms with van der Waals surface area (Å²) in [5.41, 5.74) is 11.3. The summed E-state index contributed by atoms with van der Waals surface area (Å²) in [6, 6.07) is 30.1. The van der Waals surface area contributed by atoms with Gasteiger partial charge in [-0.2, -0.15) is 5.10 Å². The number of nitrogens with zero attached hydrogens (tertiary/aromatic N) is 17. The number of thiazole rings is 5. The summed E-state index contributed by atoms with van der Waals surface area (Å²) < 4.78 is 10.7. The lowest BCUT2D eigenvalue weighted by molar-refractivity contribution is 0.829. The summed E-state index contributed by atoms with van der Waals surface area (Å²) in [5, 5.41) is 10.1. The van der Waals surface area contributed by atoms with E-state index in [1.54, 1.807) is 92.2 Å². The first-order chi connectivity index (χ1) is 46.2. The third-order valence-electron chi connectivity index (χ3n) is 14.3. The fraction of sp³-hybridized carbons (Fsp3) is 0.324. The monoisotopic (exact) mass is 1370 g/mol. The Hall–Kier alpha value is -8.80. The van der Waals surface area contributed by atoms with Crippen molar-refractivity contribution in [3.05, 3.63) is 220 Å². The molecule has 0 radical (unpaired) electrons. The molecule has 0 N–H and O–H groups in total. The Balaban J connectivity index is 0.000000129. The van der Waals surface area contributed by atoms with Crippen molar-refractivity contribution < 1.29 is 0 Å². The maximum absolute atomic E-state index is 4.53. The van der Waals surface area contributed by atoms with Crippen LogP contribution in [0.2, 0.25) is 0 Å². The van der Waals surface area contributed by atoms with E-state index in [1.807, 2.05) is 121 Å². The van der Waals surface area contributed by atoms with Gasteiger partial charge in [-0.25, -0.2) is 54.4 Å². The lowest BCUT2D eigenvalue weighted by atomic mass is 10.2. The van der Waals surface area contributed by atoms with Gasteiger partial charge in [0.25, 0.3) is 0 Å². The van der Waals surface area contributed by atoms with Crippen molar-refractivity contribution in [3.63, 3.8) is 0 Å². The molecule has 496 valence electrons. The van der Waals surface area contributed by atoms with Gasteiger partial charge < -0.3 is 8.80 Å². The average Bonchev–Trinajstić information content (AvgIpc) is 2.18. The number of pyridine rings is 5. The Morgan fingerprint density at radius 2 is 0.771 bits per heavy atom. The van der Waals surface area contributed by atoms with Crippen molar-refractivity contribution in [1.29, 1.82) is 0 Å². The van der Waals surface area contributed by atoms with Crippen LogP contribution in [0.5, 0.6) is 0 Å². The minimum atomic E-state index is 0.465. The first-order valence-electron chi connectivity index (χ1n) is 32.4. The van der Waals surface area contributed by atoms with E-state index in [2.05, 4.69) is 216 Å². The molecular formula is C74H85N17S5. The molecule has 22 heteroatoms. The normalized spacial score (nSPS) is 11.2. The fourth-order valence-electron chi connectivity index (χ4n) is 8.79. The number of para-hydroxylation sites is 1. The predicted octanol–water partition coefficient (Wildman–Crippen LogP) is 20.8. The van der Waals surface area contributed by atoms with Gasteiger partial charge in [0, 0.05) is 97.8 Å². The highest BCUT2D eigenvalue weighted by Gasteiger charge is 2.12. The summed E-state index contributed by atoms with van der Waals surface area (Å²) in [5.74, 6) is 4.03. The molecule has 0 aliphatic carbocycles. The van der Waals surface area contributed by atoms with E-state index in [4.69, 9.17) is 0 Å². The Labute approximate surface area is 582 Å². The number of imidazole rings is 3. The van der Waals surface area contributed by atoms with Crippen molar-refractivity contribution in [3.8, 4) is 0 Å². The highest BCUT2D eigenvalue weighted by molar-refractivity contribution is 7.19. The van der Waals surface area contributed by atoms with E-state index < -0.39 is 0 Å². The molecule has 0 aliphatic heterocycles. The van der Waals surface area contributed by atoms with Gasteiger partial charge in [0.15, 0.2) is 16.9 Å². The summed E-state index contributed by atoms with van der Waals surface area (Å²) in [6.45, 7) is 34.4. The van der Waals surface area contributed by atoms with Gasteiger partial charge in [0.1, 0.15) is 16.0 Å². The number of hydrogen-bond acceptors (Lipinski definition) is 19. The minimum Gasteiger partial charge on any atom is -0.307 e. The molecule has 15 aromatic heterocycles. The lowest BCUT2D eigenvalue weighted by Gasteiger charge is -1.94. The molecule has 0 spiro atoms. The van der Waals surface area contributed by atoms with Crippen molar-refractivity contribution in [2.75, 3.05) is 0 Å². The van der Waals surface area contributed by atoms with Crippen LogP contribution in [0.25, 0.3) is 68.3 Å². The van der Waals surface area contributed by atoms with Crippen LogP contribution in [0.3, 0.4) is 0 Å². The summed E-state index contributed by atoms with van der Waals surface area (Å²) in [6.07, 6.45) is 26.2. The first-order valence-corrected chi connectivity index (χ1v) is 36.5. The third-order valence-corrected chi connectivity index (χ3v) is 20.8. The topological polar surface area (TPSA) is 194 Å². The van der Waals surface area contributed by atoms with E-state index in [1.165, 1.54) is 43.8 Å². The molecule has 16 rings (SSSR count). The third kappa shape index (κ3) is 19.7. The number of rotatable bonds is 8. The van der Waals surface area contributed by atoms with Gasteiger partial charge in [0.2, 0.25) is 0 Å². The van der Waals surface area contributed by atoms with E-state index in [0.29, 0.717) is 47.3 Å². The molecule has 0 amide bonds.